The summed E-state index contributed by atoms with van der Waals surface area (Å²) in [7, 11) is -3.30. The summed E-state index contributed by atoms with van der Waals surface area (Å²) in [6.45, 7) is 9.73. The molecule has 0 heterocycles. The van der Waals surface area contributed by atoms with Crippen LogP contribution in [0.5, 0.6) is 0 Å². The molecular formula is C13H25O4P. The van der Waals surface area contributed by atoms with E-state index in [-0.39, 0.29) is 12.2 Å². The van der Waals surface area contributed by atoms with Gasteiger partial charge in [-0.1, -0.05) is 19.9 Å². The van der Waals surface area contributed by atoms with E-state index in [9.17, 15) is 9.36 Å². The van der Waals surface area contributed by atoms with Crippen molar-refractivity contribution in [3.8, 4) is 0 Å². The zero-order valence-electron chi connectivity index (χ0n) is 12.1. The van der Waals surface area contributed by atoms with E-state index in [0.717, 1.165) is 6.42 Å². The highest BCUT2D eigenvalue weighted by Gasteiger charge is 2.29. The quantitative estimate of drug-likeness (QED) is 0.593. The second-order valence-electron chi connectivity index (χ2n) is 4.54. The molecule has 0 amide bonds. The van der Waals surface area contributed by atoms with E-state index in [2.05, 4.69) is 13.8 Å². The van der Waals surface area contributed by atoms with Crippen LogP contribution in [-0.2, 0) is 18.4 Å². The molecule has 0 radical (unpaired) electrons. The molecule has 0 aliphatic carbocycles. The largest absolute Gasteiger partial charge is 0.357 e. The Kier molecular flexibility index (Phi) is 8.41. The van der Waals surface area contributed by atoms with E-state index < -0.39 is 7.60 Å². The Balaban J connectivity index is 5.15. The van der Waals surface area contributed by atoms with Crippen molar-refractivity contribution in [3.63, 3.8) is 0 Å². The first-order valence-corrected chi connectivity index (χ1v) is 7.98. The summed E-state index contributed by atoms with van der Waals surface area (Å²) in [6, 6.07) is 0. The third kappa shape index (κ3) is 6.48. The monoisotopic (exact) mass is 276 g/mol. The zero-order valence-corrected chi connectivity index (χ0v) is 13.0. The van der Waals surface area contributed by atoms with Crippen LogP contribution in [0.2, 0.25) is 0 Å². The molecule has 0 aromatic carbocycles. The Morgan fingerprint density at radius 1 is 1.22 bits per heavy atom. The molecule has 0 saturated carbocycles. The third-order valence-electron chi connectivity index (χ3n) is 2.20. The van der Waals surface area contributed by atoms with Gasteiger partial charge in [-0.25, -0.2) is 0 Å². The molecule has 0 aliphatic heterocycles. The van der Waals surface area contributed by atoms with E-state index in [4.69, 9.17) is 9.05 Å². The molecule has 106 valence electrons. The Morgan fingerprint density at radius 3 is 2.06 bits per heavy atom. The van der Waals surface area contributed by atoms with Gasteiger partial charge in [-0.05, 0) is 33.1 Å². The molecular weight excluding hydrogens is 251 g/mol. The molecule has 0 saturated heterocycles. The fourth-order valence-electron chi connectivity index (χ4n) is 1.45. The lowest BCUT2D eigenvalue weighted by Gasteiger charge is -2.20. The van der Waals surface area contributed by atoms with E-state index >= 15 is 0 Å². The minimum absolute atomic E-state index is 0.0374. The lowest BCUT2D eigenvalue weighted by molar-refractivity contribution is -0.116. The molecule has 5 heteroatoms. The number of allylic oxidation sites excluding steroid dienone is 2. The number of Topliss-reactive ketones (excluding diaryl/α,β-unsaturated/α-hetero) is 1. The van der Waals surface area contributed by atoms with Gasteiger partial charge in [-0.3, -0.25) is 9.36 Å². The minimum atomic E-state index is -3.30. The molecule has 0 aliphatic rings. The van der Waals surface area contributed by atoms with Gasteiger partial charge in [0.25, 0.3) is 0 Å². The van der Waals surface area contributed by atoms with Crippen molar-refractivity contribution in [2.75, 3.05) is 13.2 Å². The van der Waals surface area contributed by atoms with E-state index in [0.29, 0.717) is 24.4 Å². The Labute approximate surface area is 110 Å². The summed E-state index contributed by atoms with van der Waals surface area (Å²) in [4.78, 5) is 11.3. The maximum absolute atomic E-state index is 12.6. The maximum atomic E-state index is 12.6. The Hall–Kier alpha value is -0.440. The summed E-state index contributed by atoms with van der Waals surface area (Å²) in [5.41, 5.74) is 0. The van der Waals surface area contributed by atoms with Gasteiger partial charge in [0.05, 0.1) is 13.2 Å². The lowest BCUT2D eigenvalue weighted by Crippen LogP contribution is -2.03. The van der Waals surface area contributed by atoms with Crippen molar-refractivity contribution >= 4 is 13.4 Å². The normalized spacial score (nSPS) is 13.1. The van der Waals surface area contributed by atoms with Gasteiger partial charge in [0.2, 0.25) is 0 Å². The Morgan fingerprint density at radius 2 is 1.72 bits per heavy atom. The van der Waals surface area contributed by atoms with Gasteiger partial charge >= 0.3 is 7.60 Å². The lowest BCUT2D eigenvalue weighted by atomic mass is 10.1. The second-order valence-corrected chi connectivity index (χ2v) is 6.62. The van der Waals surface area contributed by atoms with Gasteiger partial charge in [-0.15, -0.1) is 0 Å². The predicted octanol–water partition coefficient (Wildman–Crippen LogP) is 4.16. The average molecular weight is 276 g/mol. The standard InChI is InChI=1S/C13H25O4P/c1-6-16-18(15,17-7-2)13(10-12(5)14)9-8-11(3)4/h9,11H,6-8,10H2,1-5H3/b13-9+. The topological polar surface area (TPSA) is 52.6 Å². The van der Waals surface area contributed by atoms with Crippen LogP contribution in [0.1, 0.15) is 47.5 Å². The van der Waals surface area contributed by atoms with Crippen molar-refractivity contribution in [1.29, 1.82) is 0 Å². The second kappa shape index (κ2) is 8.63. The predicted molar refractivity (Wildman–Crippen MR) is 73.7 cm³/mol. The summed E-state index contributed by atoms with van der Waals surface area (Å²) < 4.78 is 23.2. The van der Waals surface area contributed by atoms with Crippen LogP contribution >= 0.6 is 7.60 Å². The van der Waals surface area contributed by atoms with Crippen molar-refractivity contribution in [1.82, 2.24) is 0 Å². The molecule has 0 N–H and O–H groups in total. The molecule has 18 heavy (non-hydrogen) atoms. The van der Waals surface area contributed by atoms with Gasteiger partial charge in [-0.2, -0.15) is 0 Å². The van der Waals surface area contributed by atoms with Gasteiger partial charge < -0.3 is 9.05 Å². The number of rotatable bonds is 9. The minimum Gasteiger partial charge on any atom is -0.306 e. The van der Waals surface area contributed by atoms with Crippen LogP contribution in [0.15, 0.2) is 11.4 Å². The number of hydrogen-bond acceptors (Lipinski definition) is 4. The van der Waals surface area contributed by atoms with E-state index in [1.54, 1.807) is 13.8 Å². The first kappa shape index (κ1) is 17.6. The molecule has 0 rings (SSSR count). The molecule has 0 aromatic rings. The van der Waals surface area contributed by atoms with Crippen LogP contribution in [-0.4, -0.2) is 19.0 Å². The molecule has 0 unspecified atom stereocenters. The third-order valence-corrected chi connectivity index (χ3v) is 4.45. The molecule has 0 spiro atoms. The van der Waals surface area contributed by atoms with Gasteiger partial charge in [0.15, 0.2) is 0 Å². The highest BCUT2D eigenvalue weighted by atomic mass is 31.2. The highest BCUT2D eigenvalue weighted by molar-refractivity contribution is 7.58. The molecule has 4 nitrogen and oxygen atoms in total. The zero-order chi connectivity index (χ0) is 14.2. The van der Waals surface area contributed by atoms with Crippen LogP contribution in [0.3, 0.4) is 0 Å². The number of carbonyl (C=O) groups is 1. The highest BCUT2D eigenvalue weighted by Crippen LogP contribution is 2.57. The molecule has 0 atom stereocenters. The van der Waals surface area contributed by atoms with E-state index in [1.165, 1.54) is 6.92 Å². The van der Waals surface area contributed by atoms with Crippen molar-refractivity contribution in [2.24, 2.45) is 5.92 Å². The van der Waals surface area contributed by atoms with Crippen LogP contribution in [0, 0.1) is 5.92 Å². The van der Waals surface area contributed by atoms with Crippen molar-refractivity contribution in [2.45, 2.75) is 47.5 Å². The first-order chi connectivity index (χ1) is 8.35. The summed E-state index contributed by atoms with van der Waals surface area (Å²) in [6.07, 6.45) is 2.72. The number of ketones is 1. The first-order valence-electron chi connectivity index (χ1n) is 6.43. The Bertz CT molecular complexity index is 324. The fraction of sp³-hybridized carbons (Fsp3) is 0.769. The smallest absolute Gasteiger partial charge is 0.306 e. The van der Waals surface area contributed by atoms with Crippen LogP contribution in [0.25, 0.3) is 0 Å². The summed E-state index contributed by atoms with van der Waals surface area (Å²) in [5, 5.41) is 0.493. The van der Waals surface area contributed by atoms with Crippen molar-refractivity contribution < 1.29 is 18.4 Å². The van der Waals surface area contributed by atoms with Gasteiger partial charge in [0.1, 0.15) is 5.78 Å². The fourth-order valence-corrected chi connectivity index (χ4v) is 3.28. The van der Waals surface area contributed by atoms with Crippen LogP contribution < -0.4 is 0 Å². The van der Waals surface area contributed by atoms with E-state index in [1.807, 2.05) is 6.08 Å². The molecule has 0 bridgehead atoms. The summed E-state index contributed by atoms with van der Waals surface area (Å²) in [5.74, 6) is 0.397. The van der Waals surface area contributed by atoms with Gasteiger partial charge in [0, 0.05) is 11.7 Å². The summed E-state index contributed by atoms with van der Waals surface area (Å²) >= 11 is 0. The molecule has 0 aromatic heterocycles. The number of hydrogen-bond donors (Lipinski definition) is 0. The van der Waals surface area contributed by atoms with Crippen LogP contribution in [0.4, 0.5) is 0 Å². The maximum Gasteiger partial charge on any atom is 0.357 e. The SMILES string of the molecule is CCOP(=O)(OCC)/C(=C/CC(C)C)CC(C)=O. The average Bonchev–Trinajstić information content (AvgIpc) is 2.24. The molecule has 0 fully saturated rings. The number of carbonyl (C=O) groups excluding carboxylic acids is 1. The van der Waals surface area contributed by atoms with Crippen molar-refractivity contribution in [3.05, 3.63) is 11.4 Å².